The fourth-order valence-electron chi connectivity index (χ4n) is 3.89. The summed E-state index contributed by atoms with van der Waals surface area (Å²) in [7, 11) is 0. The molecule has 2 aromatic carbocycles. The Balaban J connectivity index is 1.42. The summed E-state index contributed by atoms with van der Waals surface area (Å²) in [6.45, 7) is 1.37. The van der Waals surface area contributed by atoms with Gasteiger partial charge in [-0.3, -0.25) is 14.5 Å². The molecule has 7 heteroatoms. The van der Waals surface area contributed by atoms with Gasteiger partial charge in [-0.1, -0.05) is 53.7 Å². The fraction of sp³-hybridized carbons (Fsp3) is 0.318. The minimum atomic E-state index is -0.298. The molecule has 29 heavy (non-hydrogen) atoms. The van der Waals surface area contributed by atoms with Crippen LogP contribution < -0.4 is 11.1 Å². The van der Waals surface area contributed by atoms with E-state index < -0.39 is 0 Å². The maximum absolute atomic E-state index is 12.7. The van der Waals surface area contributed by atoms with E-state index >= 15 is 0 Å². The normalized spacial score (nSPS) is 21.4. The Morgan fingerprint density at radius 1 is 1.14 bits per heavy atom. The second-order valence-electron chi connectivity index (χ2n) is 7.39. The Bertz CT molecular complexity index is 929. The lowest BCUT2D eigenvalue weighted by Gasteiger charge is -2.23. The summed E-state index contributed by atoms with van der Waals surface area (Å²) in [5.74, 6) is -0.572. The molecule has 2 aromatic rings. The number of para-hydroxylation sites is 1. The minimum absolute atomic E-state index is 0.242. The van der Waals surface area contributed by atoms with Crippen molar-refractivity contribution in [1.29, 1.82) is 0 Å². The molecule has 1 fully saturated rings. The lowest BCUT2D eigenvalue weighted by molar-refractivity contribution is -0.122. The number of carbonyl (C=O) groups is 2. The number of amides is 2. The van der Waals surface area contributed by atoms with E-state index in [1.165, 1.54) is 0 Å². The van der Waals surface area contributed by atoms with Crippen molar-refractivity contribution >= 4 is 23.2 Å². The van der Waals surface area contributed by atoms with E-state index in [1.807, 2.05) is 54.6 Å². The summed E-state index contributed by atoms with van der Waals surface area (Å²) in [6.07, 6.45) is 1.90. The third kappa shape index (κ3) is 4.30. The van der Waals surface area contributed by atoms with Crippen LogP contribution in [-0.4, -0.2) is 35.0 Å². The lowest BCUT2D eigenvalue weighted by Crippen LogP contribution is -2.39. The summed E-state index contributed by atoms with van der Waals surface area (Å²) in [4.78, 5) is 31.9. The van der Waals surface area contributed by atoms with E-state index in [0.717, 1.165) is 30.5 Å². The monoisotopic (exact) mass is 392 g/mol. The zero-order valence-corrected chi connectivity index (χ0v) is 16.1. The van der Waals surface area contributed by atoms with Crippen LogP contribution in [0.25, 0.3) is 0 Å². The highest BCUT2D eigenvalue weighted by Gasteiger charge is 2.30. The van der Waals surface area contributed by atoms with Crippen LogP contribution in [0.3, 0.4) is 0 Å². The van der Waals surface area contributed by atoms with Gasteiger partial charge in [-0.2, -0.15) is 0 Å². The first-order chi connectivity index (χ1) is 14.1. The highest BCUT2D eigenvalue weighted by Crippen LogP contribution is 2.28. The average molecular weight is 392 g/mol. The number of nitrogens with one attached hydrogen (secondary N) is 1. The number of primary amides is 1. The van der Waals surface area contributed by atoms with E-state index in [1.54, 1.807) is 0 Å². The van der Waals surface area contributed by atoms with Crippen molar-refractivity contribution in [3.63, 3.8) is 0 Å². The van der Waals surface area contributed by atoms with Gasteiger partial charge in [0.2, 0.25) is 5.91 Å². The summed E-state index contributed by atoms with van der Waals surface area (Å²) in [5.41, 5.74) is 8.53. The molecule has 2 aliphatic rings. The maximum Gasteiger partial charge on any atom is 0.273 e. The second kappa shape index (κ2) is 8.45. The van der Waals surface area contributed by atoms with Gasteiger partial charge in [-0.25, -0.2) is 0 Å². The van der Waals surface area contributed by atoms with E-state index in [4.69, 9.17) is 10.6 Å². The van der Waals surface area contributed by atoms with Crippen molar-refractivity contribution in [2.45, 2.75) is 38.0 Å². The SMILES string of the molecule is NC(=O)C1CCCN1Cc1ccccc1NC(=O)C1=NOC(c2ccccc2)C1. The van der Waals surface area contributed by atoms with Gasteiger partial charge in [0.15, 0.2) is 6.10 Å². The van der Waals surface area contributed by atoms with Crippen LogP contribution in [0.15, 0.2) is 59.8 Å². The molecule has 0 bridgehead atoms. The zero-order chi connectivity index (χ0) is 20.2. The molecule has 2 atom stereocenters. The van der Waals surface area contributed by atoms with Crippen molar-refractivity contribution in [3.8, 4) is 0 Å². The van der Waals surface area contributed by atoms with Crippen LogP contribution in [0.2, 0.25) is 0 Å². The summed E-state index contributed by atoms with van der Waals surface area (Å²) < 4.78 is 0. The van der Waals surface area contributed by atoms with Gasteiger partial charge in [0, 0.05) is 18.7 Å². The average Bonchev–Trinajstić information content (AvgIpc) is 3.40. The Morgan fingerprint density at radius 3 is 2.69 bits per heavy atom. The topological polar surface area (TPSA) is 97.0 Å². The van der Waals surface area contributed by atoms with Crippen molar-refractivity contribution in [2.75, 3.05) is 11.9 Å². The quantitative estimate of drug-likeness (QED) is 0.790. The molecule has 4 rings (SSSR count). The second-order valence-corrected chi connectivity index (χ2v) is 7.39. The molecule has 2 heterocycles. The first-order valence-electron chi connectivity index (χ1n) is 9.82. The molecule has 1 saturated heterocycles. The number of rotatable bonds is 6. The van der Waals surface area contributed by atoms with E-state index in [2.05, 4.69) is 15.4 Å². The van der Waals surface area contributed by atoms with Crippen molar-refractivity contribution in [2.24, 2.45) is 10.9 Å². The van der Waals surface area contributed by atoms with Crippen molar-refractivity contribution < 1.29 is 14.4 Å². The predicted molar refractivity (Wildman–Crippen MR) is 110 cm³/mol. The van der Waals surface area contributed by atoms with Crippen LogP contribution in [0.1, 0.15) is 36.5 Å². The molecule has 2 amide bonds. The number of hydrogen-bond donors (Lipinski definition) is 2. The van der Waals surface area contributed by atoms with Crippen LogP contribution in [0.4, 0.5) is 5.69 Å². The molecule has 7 nitrogen and oxygen atoms in total. The first kappa shape index (κ1) is 19.1. The summed E-state index contributed by atoms with van der Waals surface area (Å²) >= 11 is 0. The molecule has 0 aliphatic carbocycles. The maximum atomic E-state index is 12.7. The summed E-state index contributed by atoms with van der Waals surface area (Å²) in [6, 6.07) is 17.1. The number of hydrogen-bond acceptors (Lipinski definition) is 5. The number of anilines is 1. The smallest absolute Gasteiger partial charge is 0.273 e. The zero-order valence-electron chi connectivity index (χ0n) is 16.1. The number of carbonyl (C=O) groups excluding carboxylic acids is 2. The molecule has 0 radical (unpaired) electrons. The molecule has 150 valence electrons. The Labute approximate surface area is 169 Å². The van der Waals surface area contributed by atoms with Gasteiger partial charge >= 0.3 is 0 Å². The molecule has 0 spiro atoms. The van der Waals surface area contributed by atoms with E-state index in [9.17, 15) is 9.59 Å². The number of benzene rings is 2. The molecule has 2 unspecified atom stereocenters. The van der Waals surface area contributed by atoms with E-state index in [-0.39, 0.29) is 24.0 Å². The number of nitrogens with zero attached hydrogens (tertiary/aromatic N) is 2. The van der Waals surface area contributed by atoms with Crippen LogP contribution >= 0.6 is 0 Å². The van der Waals surface area contributed by atoms with Gasteiger partial charge < -0.3 is 15.9 Å². The van der Waals surface area contributed by atoms with Crippen molar-refractivity contribution in [1.82, 2.24) is 4.90 Å². The van der Waals surface area contributed by atoms with Gasteiger partial charge in [0.25, 0.3) is 5.91 Å². The summed E-state index contributed by atoms with van der Waals surface area (Å²) in [5, 5.41) is 6.94. The highest BCUT2D eigenvalue weighted by molar-refractivity contribution is 6.43. The predicted octanol–water partition coefficient (Wildman–Crippen LogP) is 2.59. The highest BCUT2D eigenvalue weighted by atomic mass is 16.6. The lowest BCUT2D eigenvalue weighted by atomic mass is 10.0. The largest absolute Gasteiger partial charge is 0.387 e. The van der Waals surface area contributed by atoms with Gasteiger partial charge in [0.1, 0.15) is 5.71 Å². The molecule has 3 N–H and O–H groups in total. The Kier molecular flexibility index (Phi) is 5.57. The standard InChI is InChI=1S/C22H24N4O3/c23-21(27)19-11-6-12-26(19)14-16-9-4-5-10-17(16)24-22(28)18-13-20(29-25-18)15-7-2-1-3-8-15/h1-5,7-10,19-20H,6,11-14H2,(H2,23,27)(H,24,28). The van der Waals surface area contributed by atoms with Crippen LogP contribution in [0, 0.1) is 0 Å². The van der Waals surface area contributed by atoms with Crippen LogP contribution in [0.5, 0.6) is 0 Å². The Hall–Kier alpha value is -3.19. The van der Waals surface area contributed by atoms with Gasteiger partial charge in [-0.05, 0) is 36.6 Å². The van der Waals surface area contributed by atoms with Crippen molar-refractivity contribution in [3.05, 3.63) is 65.7 Å². The third-order valence-electron chi connectivity index (χ3n) is 5.43. The van der Waals surface area contributed by atoms with E-state index in [0.29, 0.717) is 24.4 Å². The molecular weight excluding hydrogens is 368 g/mol. The number of likely N-dealkylation sites (tertiary alicyclic amines) is 1. The van der Waals surface area contributed by atoms with Gasteiger partial charge in [0.05, 0.1) is 6.04 Å². The minimum Gasteiger partial charge on any atom is -0.387 e. The molecule has 0 saturated carbocycles. The number of oxime groups is 1. The molecular formula is C22H24N4O3. The third-order valence-corrected chi connectivity index (χ3v) is 5.43. The molecule has 0 aromatic heterocycles. The first-order valence-corrected chi connectivity index (χ1v) is 9.82. The van der Waals surface area contributed by atoms with Gasteiger partial charge in [-0.15, -0.1) is 0 Å². The Morgan fingerprint density at radius 2 is 1.90 bits per heavy atom. The molecule has 2 aliphatic heterocycles. The fourth-order valence-corrected chi connectivity index (χ4v) is 3.89. The number of nitrogens with two attached hydrogens (primary N) is 1. The van der Waals surface area contributed by atoms with Crippen LogP contribution in [-0.2, 0) is 21.0 Å².